The first-order valence-corrected chi connectivity index (χ1v) is 13.8. The van der Waals surface area contributed by atoms with Crippen LogP contribution < -0.4 is 0 Å². The van der Waals surface area contributed by atoms with E-state index in [-0.39, 0.29) is 17.9 Å². The second kappa shape index (κ2) is 7.37. The van der Waals surface area contributed by atoms with E-state index in [1.54, 1.807) is 0 Å². The van der Waals surface area contributed by atoms with Gasteiger partial charge in [-0.3, -0.25) is 0 Å². The molecule has 0 unspecified atom stereocenters. The number of hydrogen-bond acceptors (Lipinski definition) is 4. The molecule has 1 spiro atoms. The van der Waals surface area contributed by atoms with Gasteiger partial charge in [0.15, 0.2) is 0 Å². The molecule has 0 saturated carbocycles. The molecule has 2 rings (SSSR count). The van der Waals surface area contributed by atoms with E-state index in [1.807, 2.05) is 0 Å². The van der Waals surface area contributed by atoms with Crippen LogP contribution in [-0.4, -0.2) is 24.0 Å². The SMILES string of the molecule is CC[C@@H]1CCC[C@]2(CCC[C@@H]([CH2][Hg][O]C(C)=O)O2)O1. The first kappa shape index (κ1) is 15.7. The summed E-state index contributed by atoms with van der Waals surface area (Å²) in [7, 11) is 0. The molecule has 0 N–H and O–H groups in total. The minimum atomic E-state index is -1.52. The van der Waals surface area contributed by atoms with Gasteiger partial charge in [-0.25, -0.2) is 0 Å². The quantitative estimate of drug-likeness (QED) is 0.609. The van der Waals surface area contributed by atoms with E-state index in [0.717, 1.165) is 29.6 Å². The Balaban J connectivity index is 1.83. The minimum absolute atomic E-state index is 0.118. The predicted octanol–water partition coefficient (Wildman–Crippen LogP) is 3.21. The molecule has 0 radical (unpaired) electrons. The Morgan fingerprint density at radius 1 is 1.26 bits per heavy atom. The van der Waals surface area contributed by atoms with Crippen molar-refractivity contribution in [3.8, 4) is 0 Å². The average Bonchev–Trinajstić information content (AvgIpc) is 2.38. The Morgan fingerprint density at radius 3 is 2.53 bits per heavy atom. The molecule has 2 aliphatic heterocycles. The van der Waals surface area contributed by atoms with Crippen LogP contribution in [0.5, 0.6) is 0 Å². The van der Waals surface area contributed by atoms with Gasteiger partial charge in [0.1, 0.15) is 0 Å². The summed E-state index contributed by atoms with van der Waals surface area (Å²) in [5.74, 6) is -0.432. The topological polar surface area (TPSA) is 44.8 Å². The van der Waals surface area contributed by atoms with Gasteiger partial charge >= 0.3 is 129 Å². The van der Waals surface area contributed by atoms with E-state index in [2.05, 4.69) is 6.92 Å². The van der Waals surface area contributed by atoms with Crippen molar-refractivity contribution in [2.24, 2.45) is 0 Å². The Morgan fingerprint density at radius 2 is 1.89 bits per heavy atom. The molecule has 2 heterocycles. The van der Waals surface area contributed by atoms with Crippen molar-refractivity contribution in [3.63, 3.8) is 0 Å². The second-order valence-corrected chi connectivity index (χ2v) is 10.7. The fourth-order valence-corrected chi connectivity index (χ4v) is 7.31. The zero-order valence-electron chi connectivity index (χ0n) is 12.2. The fourth-order valence-electron chi connectivity index (χ4n) is 3.14. The maximum absolute atomic E-state index is 10.8. The normalized spacial score (nSPS) is 34.8. The Labute approximate surface area is 128 Å². The third kappa shape index (κ3) is 4.67. The Hall–Kier alpha value is 0.325. The molecule has 3 atom stereocenters. The Kier molecular flexibility index (Phi) is 6.09. The van der Waals surface area contributed by atoms with Crippen LogP contribution in [0.2, 0.25) is 3.93 Å². The molecule has 2 fully saturated rings. The molecule has 5 heteroatoms. The number of carbonyl (C=O) groups is 1. The molecular weight excluding hydrogens is 433 g/mol. The van der Waals surface area contributed by atoms with Crippen molar-refractivity contribution < 1.29 is 41.9 Å². The van der Waals surface area contributed by atoms with Crippen molar-refractivity contribution in [2.45, 2.75) is 80.7 Å². The molecule has 106 valence electrons. The van der Waals surface area contributed by atoms with Gasteiger partial charge in [-0.05, 0) is 0 Å². The first-order valence-electron chi connectivity index (χ1n) is 7.62. The van der Waals surface area contributed by atoms with Gasteiger partial charge in [0.05, 0.1) is 0 Å². The molecule has 4 nitrogen and oxygen atoms in total. The third-order valence-electron chi connectivity index (χ3n) is 4.13. The molecule has 0 aromatic carbocycles. The van der Waals surface area contributed by atoms with Crippen LogP contribution in [0.3, 0.4) is 0 Å². The average molecular weight is 457 g/mol. The second-order valence-electron chi connectivity index (χ2n) is 5.71. The van der Waals surface area contributed by atoms with Crippen molar-refractivity contribution in [2.75, 3.05) is 0 Å². The van der Waals surface area contributed by atoms with Crippen molar-refractivity contribution >= 4 is 5.97 Å². The molecule has 0 aromatic heterocycles. The van der Waals surface area contributed by atoms with E-state index in [0.29, 0.717) is 6.10 Å². The van der Waals surface area contributed by atoms with Crippen LogP contribution in [-0.2, 0) is 41.9 Å². The number of ether oxygens (including phenoxy) is 2. The van der Waals surface area contributed by atoms with Crippen LogP contribution >= 0.6 is 0 Å². The standard InChI is InChI=1S/C12H21O2.C2H4O2.Hg/c1-3-11-7-5-9-12(14-11)8-4-6-10(2)13-12;1-2(3)4;/h10-11H,2-9H2,1H3;1H3,(H,3,4);/q;;+1/p-1/t10-,11-,12+;;/m1../s1. The number of hydrogen-bond donors (Lipinski definition) is 0. The molecule has 2 saturated heterocycles. The summed E-state index contributed by atoms with van der Waals surface area (Å²) in [6.07, 6.45) is 8.42. The van der Waals surface area contributed by atoms with Crippen LogP contribution in [0.15, 0.2) is 0 Å². The molecular formula is C14H24HgO4. The first-order chi connectivity index (χ1) is 9.13. The summed E-state index contributed by atoms with van der Waals surface area (Å²) in [5, 5.41) is 0. The Bertz CT molecular complexity index is 306. The van der Waals surface area contributed by atoms with Gasteiger partial charge in [0.2, 0.25) is 0 Å². The number of carbonyl (C=O) groups excluding carboxylic acids is 1. The summed E-state index contributed by atoms with van der Waals surface area (Å²) in [6, 6.07) is 0. The van der Waals surface area contributed by atoms with Gasteiger partial charge in [-0.2, -0.15) is 0 Å². The summed E-state index contributed by atoms with van der Waals surface area (Å²) >= 11 is -1.52. The summed E-state index contributed by atoms with van der Waals surface area (Å²) in [4.78, 5) is 10.8. The molecule has 0 aromatic rings. The van der Waals surface area contributed by atoms with Crippen LogP contribution in [0.4, 0.5) is 0 Å². The summed E-state index contributed by atoms with van der Waals surface area (Å²) in [5.41, 5.74) is 0. The van der Waals surface area contributed by atoms with E-state index in [1.165, 1.54) is 26.2 Å². The molecule has 19 heavy (non-hydrogen) atoms. The van der Waals surface area contributed by atoms with E-state index in [4.69, 9.17) is 12.1 Å². The van der Waals surface area contributed by atoms with E-state index < -0.39 is 25.0 Å². The van der Waals surface area contributed by atoms with E-state index >= 15 is 0 Å². The third-order valence-corrected chi connectivity index (χ3v) is 9.92. The predicted molar refractivity (Wildman–Crippen MR) is 67.0 cm³/mol. The monoisotopic (exact) mass is 458 g/mol. The fraction of sp³-hybridized carbons (Fsp3) is 0.929. The van der Waals surface area contributed by atoms with Gasteiger partial charge in [0, 0.05) is 0 Å². The van der Waals surface area contributed by atoms with Crippen molar-refractivity contribution in [3.05, 3.63) is 0 Å². The summed E-state index contributed by atoms with van der Waals surface area (Å²) in [6.45, 7) is 3.68. The number of rotatable bonds is 4. The summed E-state index contributed by atoms with van der Waals surface area (Å²) < 4.78 is 18.7. The zero-order chi connectivity index (χ0) is 13.7. The van der Waals surface area contributed by atoms with Crippen LogP contribution in [0.25, 0.3) is 0 Å². The zero-order valence-corrected chi connectivity index (χ0v) is 17.6. The molecule has 2 aliphatic rings. The van der Waals surface area contributed by atoms with Gasteiger partial charge in [0.25, 0.3) is 0 Å². The van der Waals surface area contributed by atoms with Crippen LogP contribution in [0, 0.1) is 0 Å². The van der Waals surface area contributed by atoms with Gasteiger partial charge in [-0.15, -0.1) is 0 Å². The molecule has 0 bridgehead atoms. The molecule has 0 amide bonds. The van der Waals surface area contributed by atoms with Crippen molar-refractivity contribution in [1.82, 2.24) is 0 Å². The van der Waals surface area contributed by atoms with Gasteiger partial charge in [-0.1, -0.05) is 0 Å². The van der Waals surface area contributed by atoms with Gasteiger partial charge < -0.3 is 0 Å². The maximum atomic E-state index is 10.8. The van der Waals surface area contributed by atoms with Crippen molar-refractivity contribution in [1.29, 1.82) is 0 Å². The van der Waals surface area contributed by atoms with Crippen LogP contribution in [0.1, 0.15) is 58.8 Å². The van der Waals surface area contributed by atoms with E-state index in [9.17, 15) is 4.79 Å². The molecule has 0 aliphatic carbocycles.